The van der Waals surface area contributed by atoms with Crippen molar-refractivity contribution in [3.63, 3.8) is 0 Å². The summed E-state index contributed by atoms with van der Waals surface area (Å²) in [5, 5.41) is 7.78. The summed E-state index contributed by atoms with van der Waals surface area (Å²) < 4.78 is 7.54. The molecule has 2 aromatic rings. The topological polar surface area (TPSA) is 55.9 Å². The van der Waals surface area contributed by atoms with Crippen LogP contribution in [-0.2, 0) is 6.54 Å². The fourth-order valence-electron chi connectivity index (χ4n) is 1.92. The van der Waals surface area contributed by atoms with Gasteiger partial charge in [0, 0.05) is 12.2 Å². The van der Waals surface area contributed by atoms with Crippen LogP contribution in [0.2, 0.25) is 0 Å². The van der Waals surface area contributed by atoms with Gasteiger partial charge in [0.15, 0.2) is 0 Å². The van der Waals surface area contributed by atoms with E-state index in [4.69, 9.17) is 4.42 Å². The van der Waals surface area contributed by atoms with Gasteiger partial charge in [-0.3, -0.25) is 4.68 Å². The van der Waals surface area contributed by atoms with Gasteiger partial charge < -0.3 is 9.73 Å². The molecule has 0 aliphatic heterocycles. The second-order valence-corrected chi connectivity index (χ2v) is 5.16. The molecule has 0 bridgehead atoms. The maximum Gasteiger partial charge on any atom is 0.208 e. The van der Waals surface area contributed by atoms with Crippen molar-refractivity contribution in [3.05, 3.63) is 35.3 Å². The second kappa shape index (κ2) is 5.57. The molecular formula is C14H22N4O. The molecule has 0 spiro atoms. The normalized spacial score (nSPS) is 14.6. The monoisotopic (exact) mass is 262 g/mol. The van der Waals surface area contributed by atoms with Gasteiger partial charge in [-0.15, -0.1) is 0 Å². The molecule has 19 heavy (non-hydrogen) atoms. The first-order valence-electron chi connectivity index (χ1n) is 6.64. The minimum atomic E-state index is 0.283. The number of hydrogen-bond acceptors (Lipinski definition) is 4. The molecule has 0 saturated heterocycles. The number of oxazole rings is 1. The van der Waals surface area contributed by atoms with Gasteiger partial charge >= 0.3 is 0 Å². The van der Waals surface area contributed by atoms with Gasteiger partial charge in [0.05, 0.1) is 24.5 Å². The lowest BCUT2D eigenvalue weighted by Gasteiger charge is -2.21. The number of aryl methyl sites for hydroxylation is 3. The molecule has 104 valence electrons. The third-order valence-electron chi connectivity index (χ3n) is 3.52. The van der Waals surface area contributed by atoms with Gasteiger partial charge in [0.25, 0.3) is 0 Å². The Balaban J connectivity index is 1.92. The van der Waals surface area contributed by atoms with Crippen molar-refractivity contribution in [1.82, 2.24) is 20.1 Å². The van der Waals surface area contributed by atoms with Crippen LogP contribution in [0.1, 0.15) is 42.8 Å². The lowest BCUT2D eigenvalue weighted by Crippen LogP contribution is -2.33. The summed E-state index contributed by atoms with van der Waals surface area (Å²) in [5.41, 5.74) is 2.14. The third-order valence-corrected chi connectivity index (χ3v) is 3.52. The van der Waals surface area contributed by atoms with Gasteiger partial charge in [-0.2, -0.15) is 5.10 Å². The van der Waals surface area contributed by atoms with Crippen LogP contribution in [0.25, 0.3) is 0 Å². The van der Waals surface area contributed by atoms with Crippen molar-refractivity contribution >= 4 is 0 Å². The molecule has 1 N–H and O–H groups in total. The number of aromatic nitrogens is 3. The van der Waals surface area contributed by atoms with Crippen molar-refractivity contribution in [2.45, 2.75) is 53.2 Å². The zero-order chi connectivity index (χ0) is 14.0. The zero-order valence-electron chi connectivity index (χ0n) is 12.3. The van der Waals surface area contributed by atoms with E-state index < -0.39 is 0 Å². The number of rotatable bonds is 5. The van der Waals surface area contributed by atoms with E-state index in [9.17, 15) is 0 Å². The highest BCUT2D eigenvalue weighted by Crippen LogP contribution is 2.12. The van der Waals surface area contributed by atoms with Crippen LogP contribution in [0.5, 0.6) is 0 Å². The van der Waals surface area contributed by atoms with E-state index in [-0.39, 0.29) is 12.1 Å². The average molecular weight is 262 g/mol. The Labute approximate surface area is 114 Å². The number of hydrogen-bond donors (Lipinski definition) is 1. The predicted octanol–water partition coefficient (Wildman–Crippen LogP) is 2.54. The van der Waals surface area contributed by atoms with Crippen molar-refractivity contribution < 1.29 is 4.42 Å². The van der Waals surface area contributed by atoms with E-state index in [0.29, 0.717) is 6.54 Å². The first-order chi connectivity index (χ1) is 8.97. The van der Waals surface area contributed by atoms with E-state index >= 15 is 0 Å². The van der Waals surface area contributed by atoms with Crippen molar-refractivity contribution in [2.24, 2.45) is 0 Å². The second-order valence-electron chi connectivity index (χ2n) is 5.16. The van der Waals surface area contributed by atoms with Crippen molar-refractivity contribution in [1.29, 1.82) is 0 Å². The van der Waals surface area contributed by atoms with E-state index in [0.717, 1.165) is 17.3 Å². The highest BCUT2D eigenvalue weighted by atomic mass is 16.4. The van der Waals surface area contributed by atoms with Gasteiger partial charge in [-0.05, 0) is 40.2 Å². The zero-order valence-corrected chi connectivity index (χ0v) is 12.3. The summed E-state index contributed by atoms with van der Waals surface area (Å²) in [4.78, 5) is 4.37. The molecule has 2 aromatic heterocycles. The van der Waals surface area contributed by atoms with E-state index in [2.05, 4.69) is 35.4 Å². The summed E-state index contributed by atoms with van der Waals surface area (Å²) in [5.74, 6) is 1.63. The molecule has 0 aliphatic carbocycles. The average Bonchev–Trinajstić information content (AvgIpc) is 2.93. The highest BCUT2D eigenvalue weighted by Gasteiger charge is 2.15. The van der Waals surface area contributed by atoms with Crippen LogP contribution < -0.4 is 5.32 Å². The van der Waals surface area contributed by atoms with Gasteiger partial charge in [0.1, 0.15) is 5.76 Å². The Morgan fingerprint density at radius 2 is 2.05 bits per heavy atom. The Hall–Kier alpha value is -1.62. The minimum Gasteiger partial charge on any atom is -0.444 e. The summed E-state index contributed by atoms with van der Waals surface area (Å²) >= 11 is 0. The Morgan fingerprint density at radius 3 is 2.58 bits per heavy atom. The predicted molar refractivity (Wildman–Crippen MR) is 74.0 cm³/mol. The van der Waals surface area contributed by atoms with Gasteiger partial charge in [0.2, 0.25) is 5.89 Å². The third kappa shape index (κ3) is 3.23. The van der Waals surface area contributed by atoms with Crippen LogP contribution in [0.15, 0.2) is 16.8 Å². The largest absolute Gasteiger partial charge is 0.444 e. The fourth-order valence-corrected chi connectivity index (χ4v) is 1.92. The Kier molecular flexibility index (Phi) is 4.04. The molecule has 5 nitrogen and oxygen atoms in total. The summed E-state index contributed by atoms with van der Waals surface area (Å²) in [6, 6.07) is 0.567. The molecule has 0 saturated carbocycles. The maximum absolute atomic E-state index is 5.56. The lowest BCUT2D eigenvalue weighted by atomic mass is 10.2. The smallest absolute Gasteiger partial charge is 0.208 e. The summed E-state index contributed by atoms with van der Waals surface area (Å²) in [6.45, 7) is 10.9. The molecule has 0 aromatic carbocycles. The minimum absolute atomic E-state index is 0.283. The first-order valence-corrected chi connectivity index (χ1v) is 6.64. The molecule has 0 radical (unpaired) electrons. The van der Waals surface area contributed by atoms with E-state index in [1.54, 1.807) is 0 Å². The number of nitrogens with zero attached hydrogens (tertiary/aromatic N) is 3. The Morgan fingerprint density at radius 1 is 1.32 bits per heavy atom. The highest BCUT2D eigenvalue weighted by molar-refractivity contribution is 5.05. The molecule has 0 aliphatic rings. The maximum atomic E-state index is 5.56. The Bertz CT molecular complexity index is 524. The quantitative estimate of drug-likeness (QED) is 0.899. The lowest BCUT2D eigenvalue weighted by molar-refractivity contribution is 0.345. The molecule has 2 rings (SSSR count). The molecular weight excluding hydrogens is 240 g/mol. The SMILES string of the molecule is Cc1cnn([C@H](C)[C@@H](C)NCc2nc(C)c(C)o2)c1. The molecule has 2 atom stereocenters. The molecule has 5 heteroatoms. The standard InChI is InChI=1S/C14H22N4O/c1-9-6-16-18(8-9)12(4)10(2)15-7-14-17-11(3)13(5)19-14/h6,8,10,12,15H,7H2,1-5H3/t10-,12-/m1/s1. The van der Waals surface area contributed by atoms with E-state index in [1.807, 2.05) is 31.6 Å². The molecule has 0 fully saturated rings. The van der Waals surface area contributed by atoms with Crippen LogP contribution in [0, 0.1) is 20.8 Å². The number of nitrogens with one attached hydrogen (secondary N) is 1. The van der Waals surface area contributed by atoms with Crippen LogP contribution in [0.4, 0.5) is 0 Å². The molecule has 0 amide bonds. The first kappa shape index (κ1) is 13.8. The summed E-state index contributed by atoms with van der Waals surface area (Å²) in [6.07, 6.45) is 3.94. The van der Waals surface area contributed by atoms with Crippen LogP contribution in [-0.4, -0.2) is 20.8 Å². The molecule has 0 unspecified atom stereocenters. The van der Waals surface area contributed by atoms with Crippen molar-refractivity contribution in [2.75, 3.05) is 0 Å². The van der Waals surface area contributed by atoms with Gasteiger partial charge in [-0.25, -0.2) is 4.98 Å². The molecule has 2 heterocycles. The van der Waals surface area contributed by atoms with Crippen LogP contribution in [0.3, 0.4) is 0 Å². The van der Waals surface area contributed by atoms with E-state index in [1.165, 1.54) is 5.56 Å². The van der Waals surface area contributed by atoms with Gasteiger partial charge in [-0.1, -0.05) is 0 Å². The van der Waals surface area contributed by atoms with Crippen LogP contribution >= 0.6 is 0 Å². The summed E-state index contributed by atoms with van der Waals surface area (Å²) in [7, 11) is 0. The van der Waals surface area contributed by atoms with Crippen molar-refractivity contribution in [3.8, 4) is 0 Å². The fraction of sp³-hybridized carbons (Fsp3) is 0.571.